The Bertz CT molecular complexity index is 1010. The monoisotopic (exact) mass is 439 g/mol. The van der Waals surface area contributed by atoms with Crippen LogP contribution in [0.5, 0.6) is 0 Å². The minimum Gasteiger partial charge on any atom is -0.452 e. The quantitative estimate of drug-likeness (QED) is 0.500. The topological polar surface area (TPSA) is 106 Å². The number of rotatable bonds is 8. The molecule has 1 aromatic carbocycles. The van der Waals surface area contributed by atoms with Gasteiger partial charge in [-0.1, -0.05) is 31.5 Å². The van der Waals surface area contributed by atoms with E-state index in [1.54, 1.807) is 26.8 Å². The van der Waals surface area contributed by atoms with Crippen molar-refractivity contribution >= 4 is 39.2 Å². The van der Waals surface area contributed by atoms with Crippen LogP contribution in [-0.4, -0.2) is 49.3 Å². The molecule has 29 heavy (non-hydrogen) atoms. The van der Waals surface area contributed by atoms with Crippen LogP contribution in [0.3, 0.4) is 0 Å². The maximum absolute atomic E-state index is 12.7. The molecular weight excluding hydrogens is 418 g/mol. The van der Waals surface area contributed by atoms with Gasteiger partial charge in [-0.3, -0.25) is 4.79 Å². The molecule has 156 valence electrons. The molecule has 0 bridgehead atoms. The van der Waals surface area contributed by atoms with Crippen molar-refractivity contribution in [2.75, 3.05) is 25.0 Å². The van der Waals surface area contributed by atoms with Crippen molar-refractivity contribution in [3.8, 4) is 0 Å². The SMILES string of the molecule is CCN(CC)S(=O)(=O)c1ccc(C)c(NC(=O)COC(=O)c2cccnc2Cl)c1. The first-order valence-corrected chi connectivity index (χ1v) is 10.7. The average molecular weight is 440 g/mol. The number of amides is 1. The van der Waals surface area contributed by atoms with E-state index in [-0.39, 0.29) is 15.6 Å². The molecule has 1 heterocycles. The molecule has 1 amide bonds. The lowest BCUT2D eigenvalue weighted by atomic mass is 10.2. The second-order valence-electron chi connectivity index (χ2n) is 6.03. The Hall–Kier alpha value is -2.49. The molecule has 0 atom stereocenters. The summed E-state index contributed by atoms with van der Waals surface area (Å²) in [6.45, 7) is 5.34. The predicted molar refractivity (Wildman–Crippen MR) is 109 cm³/mol. The van der Waals surface area contributed by atoms with E-state index in [4.69, 9.17) is 16.3 Å². The number of carbonyl (C=O) groups is 2. The van der Waals surface area contributed by atoms with Gasteiger partial charge in [0.25, 0.3) is 5.91 Å². The molecule has 0 fully saturated rings. The molecule has 0 unspecified atom stereocenters. The summed E-state index contributed by atoms with van der Waals surface area (Å²) < 4.78 is 31.6. The predicted octanol–water partition coefficient (Wildman–Crippen LogP) is 2.87. The second-order valence-corrected chi connectivity index (χ2v) is 8.33. The number of aryl methyl sites for hydroxylation is 1. The summed E-state index contributed by atoms with van der Waals surface area (Å²) in [6.07, 6.45) is 1.42. The van der Waals surface area contributed by atoms with Gasteiger partial charge in [0.05, 0.1) is 10.5 Å². The van der Waals surface area contributed by atoms with Crippen LogP contribution in [0.25, 0.3) is 0 Å². The number of hydrogen-bond acceptors (Lipinski definition) is 6. The van der Waals surface area contributed by atoms with Crippen molar-refractivity contribution < 1.29 is 22.7 Å². The molecule has 0 spiro atoms. The summed E-state index contributed by atoms with van der Waals surface area (Å²) in [7, 11) is -3.67. The van der Waals surface area contributed by atoms with Crippen molar-refractivity contribution in [1.82, 2.24) is 9.29 Å². The number of carbonyl (C=O) groups excluding carboxylic acids is 2. The number of halogens is 1. The van der Waals surface area contributed by atoms with Crippen LogP contribution in [-0.2, 0) is 19.6 Å². The van der Waals surface area contributed by atoms with E-state index >= 15 is 0 Å². The van der Waals surface area contributed by atoms with Gasteiger partial charge in [-0.05, 0) is 36.8 Å². The smallest absolute Gasteiger partial charge is 0.341 e. The van der Waals surface area contributed by atoms with Crippen molar-refractivity contribution in [1.29, 1.82) is 0 Å². The Kier molecular flexibility index (Phi) is 7.72. The Balaban J connectivity index is 2.10. The van der Waals surface area contributed by atoms with E-state index in [1.807, 2.05) is 0 Å². The number of nitrogens with zero attached hydrogens (tertiary/aromatic N) is 2. The molecule has 0 aliphatic rings. The summed E-state index contributed by atoms with van der Waals surface area (Å²) >= 11 is 5.82. The lowest BCUT2D eigenvalue weighted by Crippen LogP contribution is -2.30. The van der Waals surface area contributed by atoms with E-state index in [2.05, 4.69) is 10.3 Å². The standard InChI is InChI=1S/C19H22ClN3O5S/c1-4-23(5-2)29(26,27)14-9-8-13(3)16(11-14)22-17(24)12-28-19(25)15-7-6-10-21-18(15)20/h6-11H,4-5,12H2,1-3H3,(H,22,24). The van der Waals surface area contributed by atoms with Crippen molar-refractivity contribution in [2.45, 2.75) is 25.7 Å². The largest absolute Gasteiger partial charge is 0.452 e. The van der Waals surface area contributed by atoms with Crippen molar-refractivity contribution in [2.24, 2.45) is 0 Å². The first-order chi connectivity index (χ1) is 13.7. The van der Waals surface area contributed by atoms with Crippen LogP contribution in [0.15, 0.2) is 41.4 Å². The van der Waals surface area contributed by atoms with Gasteiger partial charge in [0.2, 0.25) is 10.0 Å². The lowest BCUT2D eigenvalue weighted by molar-refractivity contribution is -0.119. The molecule has 0 saturated heterocycles. The molecule has 1 aromatic heterocycles. The van der Waals surface area contributed by atoms with Crippen LogP contribution in [0, 0.1) is 6.92 Å². The number of nitrogens with one attached hydrogen (secondary N) is 1. The Morgan fingerprint density at radius 1 is 1.21 bits per heavy atom. The summed E-state index contributed by atoms with van der Waals surface area (Å²) in [6, 6.07) is 7.44. The molecular formula is C19H22ClN3O5S. The van der Waals surface area contributed by atoms with Gasteiger partial charge in [-0.15, -0.1) is 0 Å². The third-order valence-corrected chi connectivity index (χ3v) is 6.49. The van der Waals surface area contributed by atoms with Gasteiger partial charge < -0.3 is 10.1 Å². The van der Waals surface area contributed by atoms with Crippen LogP contribution >= 0.6 is 11.6 Å². The summed E-state index contributed by atoms with van der Waals surface area (Å²) in [5.41, 5.74) is 1.03. The van der Waals surface area contributed by atoms with Gasteiger partial charge in [-0.2, -0.15) is 4.31 Å². The number of hydrogen-bond donors (Lipinski definition) is 1. The van der Waals surface area contributed by atoms with Crippen LogP contribution in [0.1, 0.15) is 29.8 Å². The zero-order valence-electron chi connectivity index (χ0n) is 16.3. The van der Waals surface area contributed by atoms with Gasteiger partial charge in [0.15, 0.2) is 6.61 Å². The number of ether oxygens (including phenoxy) is 1. The summed E-state index contributed by atoms with van der Waals surface area (Å²) in [4.78, 5) is 28.0. The maximum atomic E-state index is 12.7. The second kappa shape index (κ2) is 9.82. The first-order valence-electron chi connectivity index (χ1n) is 8.89. The highest BCUT2D eigenvalue weighted by molar-refractivity contribution is 7.89. The van der Waals surface area contributed by atoms with E-state index in [0.717, 1.165) is 0 Å². The Morgan fingerprint density at radius 3 is 2.52 bits per heavy atom. The molecule has 0 aliphatic heterocycles. The molecule has 0 aliphatic carbocycles. The number of aromatic nitrogens is 1. The number of esters is 1. The van der Waals surface area contributed by atoms with Crippen LogP contribution in [0.2, 0.25) is 5.15 Å². The fourth-order valence-corrected chi connectivity index (χ4v) is 4.22. The van der Waals surface area contributed by atoms with Gasteiger partial charge >= 0.3 is 5.97 Å². The molecule has 10 heteroatoms. The normalized spacial score (nSPS) is 11.3. The van der Waals surface area contributed by atoms with Crippen molar-refractivity contribution in [3.63, 3.8) is 0 Å². The fourth-order valence-electron chi connectivity index (χ4n) is 2.54. The number of anilines is 1. The van der Waals surface area contributed by atoms with Crippen molar-refractivity contribution in [3.05, 3.63) is 52.8 Å². The Morgan fingerprint density at radius 2 is 1.90 bits per heavy atom. The van der Waals surface area contributed by atoms with E-state index in [1.165, 1.54) is 34.8 Å². The van der Waals surface area contributed by atoms with E-state index in [0.29, 0.717) is 24.3 Å². The summed E-state index contributed by atoms with van der Waals surface area (Å²) in [5.74, 6) is -1.40. The zero-order valence-corrected chi connectivity index (χ0v) is 17.9. The van der Waals surface area contributed by atoms with Crippen LogP contribution < -0.4 is 5.32 Å². The summed E-state index contributed by atoms with van der Waals surface area (Å²) in [5, 5.41) is 2.55. The minimum atomic E-state index is -3.67. The number of pyridine rings is 1. The third-order valence-electron chi connectivity index (χ3n) is 4.14. The molecule has 2 aromatic rings. The number of benzene rings is 1. The lowest BCUT2D eigenvalue weighted by Gasteiger charge is -2.19. The van der Waals surface area contributed by atoms with Gasteiger partial charge in [0.1, 0.15) is 5.15 Å². The Labute approximate surface area is 174 Å². The molecule has 2 rings (SSSR count). The molecule has 1 N–H and O–H groups in total. The molecule has 0 saturated carbocycles. The van der Waals surface area contributed by atoms with Gasteiger partial charge in [0, 0.05) is 25.0 Å². The zero-order chi connectivity index (χ0) is 21.6. The van der Waals surface area contributed by atoms with Crippen LogP contribution in [0.4, 0.5) is 5.69 Å². The fraction of sp³-hybridized carbons (Fsp3) is 0.316. The third kappa shape index (κ3) is 5.53. The number of sulfonamides is 1. The average Bonchev–Trinajstić information content (AvgIpc) is 2.68. The van der Waals surface area contributed by atoms with E-state index < -0.39 is 28.5 Å². The highest BCUT2D eigenvalue weighted by Crippen LogP contribution is 2.23. The molecule has 8 nitrogen and oxygen atoms in total. The molecule has 0 radical (unpaired) electrons. The minimum absolute atomic E-state index is 0.0249. The maximum Gasteiger partial charge on any atom is 0.341 e. The highest BCUT2D eigenvalue weighted by Gasteiger charge is 2.22. The van der Waals surface area contributed by atoms with Gasteiger partial charge in [-0.25, -0.2) is 18.2 Å². The van der Waals surface area contributed by atoms with E-state index in [9.17, 15) is 18.0 Å². The highest BCUT2D eigenvalue weighted by atomic mass is 35.5. The first kappa shape index (κ1) is 22.8.